The van der Waals surface area contributed by atoms with Crippen molar-refractivity contribution in [1.29, 1.82) is 0 Å². The number of nitrogens with one attached hydrogen (secondary N) is 1. The van der Waals surface area contributed by atoms with Gasteiger partial charge in [-0.3, -0.25) is 0 Å². The molecule has 0 bridgehead atoms. The second-order valence-electron chi connectivity index (χ2n) is 4.70. The highest BCUT2D eigenvalue weighted by Crippen LogP contribution is 2.23. The predicted octanol–water partition coefficient (Wildman–Crippen LogP) is 2.85. The third-order valence-electron chi connectivity index (χ3n) is 3.18. The van der Waals surface area contributed by atoms with Gasteiger partial charge in [-0.15, -0.1) is 0 Å². The lowest BCUT2D eigenvalue weighted by molar-refractivity contribution is 0.0526. The minimum atomic E-state index is -0.228. The topological polar surface area (TPSA) is 38.3 Å². The molecular weight excluding hydrogens is 258 g/mol. The van der Waals surface area contributed by atoms with Crippen LogP contribution in [0, 0.1) is 0 Å². The first-order valence-corrected chi connectivity index (χ1v) is 7.93. The average molecular weight is 279 g/mol. The van der Waals surface area contributed by atoms with Crippen molar-refractivity contribution >= 4 is 17.7 Å². The lowest BCUT2D eigenvalue weighted by Crippen LogP contribution is -2.31. The van der Waals surface area contributed by atoms with Crippen molar-refractivity contribution < 1.29 is 9.53 Å². The summed E-state index contributed by atoms with van der Waals surface area (Å²) in [5.41, 5.74) is 1.85. The molecule has 3 nitrogen and oxygen atoms in total. The van der Waals surface area contributed by atoms with E-state index >= 15 is 0 Å². The van der Waals surface area contributed by atoms with Gasteiger partial charge in [0.25, 0.3) is 0 Å². The highest BCUT2D eigenvalue weighted by molar-refractivity contribution is 7.99. The highest BCUT2D eigenvalue weighted by atomic mass is 32.2. The van der Waals surface area contributed by atoms with E-state index in [2.05, 4.69) is 11.4 Å². The van der Waals surface area contributed by atoms with Gasteiger partial charge in [0.1, 0.15) is 0 Å². The number of thioether (sulfide) groups is 1. The fourth-order valence-corrected chi connectivity index (χ4v) is 3.36. The quantitative estimate of drug-likeness (QED) is 0.841. The van der Waals surface area contributed by atoms with Crippen molar-refractivity contribution in [3.63, 3.8) is 0 Å². The van der Waals surface area contributed by atoms with Crippen LogP contribution in [0.2, 0.25) is 0 Å². The van der Waals surface area contributed by atoms with E-state index in [1.165, 1.54) is 18.4 Å². The Hall–Kier alpha value is -1.00. The smallest absolute Gasteiger partial charge is 0.338 e. The third kappa shape index (κ3) is 4.55. The molecule has 1 aliphatic rings. The molecule has 1 fully saturated rings. The van der Waals surface area contributed by atoms with Crippen LogP contribution in [0.15, 0.2) is 24.3 Å². The van der Waals surface area contributed by atoms with E-state index in [1.54, 1.807) is 0 Å². The molecule has 1 aromatic rings. The molecule has 1 atom stereocenters. The van der Waals surface area contributed by atoms with E-state index in [1.807, 2.05) is 36.9 Å². The van der Waals surface area contributed by atoms with E-state index in [-0.39, 0.29) is 5.97 Å². The molecule has 0 radical (unpaired) electrons. The molecule has 1 N–H and O–H groups in total. The van der Waals surface area contributed by atoms with Gasteiger partial charge in [-0.25, -0.2) is 4.79 Å². The van der Waals surface area contributed by atoms with Gasteiger partial charge in [-0.1, -0.05) is 12.1 Å². The molecule has 1 heterocycles. The fourth-order valence-electron chi connectivity index (χ4n) is 2.18. The molecule has 1 aliphatic heterocycles. The summed E-state index contributed by atoms with van der Waals surface area (Å²) < 4.78 is 5.02. The van der Waals surface area contributed by atoms with Crippen LogP contribution in [0.1, 0.15) is 35.7 Å². The molecule has 104 valence electrons. The van der Waals surface area contributed by atoms with Gasteiger partial charge in [0.05, 0.1) is 12.2 Å². The predicted molar refractivity (Wildman–Crippen MR) is 79.6 cm³/mol. The molecule has 1 aromatic carbocycles. The van der Waals surface area contributed by atoms with E-state index < -0.39 is 0 Å². The lowest BCUT2D eigenvalue weighted by Gasteiger charge is -2.22. The number of esters is 1. The molecule has 1 saturated heterocycles. The Bertz CT molecular complexity index is 416. The van der Waals surface area contributed by atoms with Crippen LogP contribution in [-0.2, 0) is 10.5 Å². The molecule has 0 saturated carbocycles. The molecule has 0 spiro atoms. The lowest BCUT2D eigenvalue weighted by atomic mass is 10.1. The average Bonchev–Trinajstić information content (AvgIpc) is 2.47. The maximum absolute atomic E-state index is 11.7. The zero-order valence-corrected chi connectivity index (χ0v) is 12.2. The Balaban J connectivity index is 1.89. The Morgan fingerprint density at radius 3 is 3.16 bits per heavy atom. The number of hydrogen-bond donors (Lipinski definition) is 1. The van der Waals surface area contributed by atoms with Gasteiger partial charge < -0.3 is 10.1 Å². The Morgan fingerprint density at radius 1 is 1.53 bits per heavy atom. The SMILES string of the molecule is CCOC(=O)c1cccc(CSC2CCCNC2)c1. The summed E-state index contributed by atoms with van der Waals surface area (Å²) in [7, 11) is 0. The Kier molecular flexibility index (Phi) is 5.73. The van der Waals surface area contributed by atoms with Gasteiger partial charge in [-0.05, 0) is 44.0 Å². The maximum Gasteiger partial charge on any atom is 0.338 e. The summed E-state index contributed by atoms with van der Waals surface area (Å²) in [5.74, 6) is 0.730. The second kappa shape index (κ2) is 7.56. The van der Waals surface area contributed by atoms with Crippen LogP contribution in [0.3, 0.4) is 0 Å². The van der Waals surface area contributed by atoms with Crippen LogP contribution in [0.25, 0.3) is 0 Å². The first-order valence-electron chi connectivity index (χ1n) is 6.88. The van der Waals surface area contributed by atoms with Crippen molar-refractivity contribution in [1.82, 2.24) is 5.32 Å². The third-order valence-corrected chi connectivity index (χ3v) is 4.55. The number of benzene rings is 1. The molecule has 1 unspecified atom stereocenters. The van der Waals surface area contributed by atoms with Crippen molar-refractivity contribution in [2.45, 2.75) is 30.8 Å². The first kappa shape index (κ1) is 14.4. The monoisotopic (exact) mass is 279 g/mol. The second-order valence-corrected chi connectivity index (χ2v) is 5.99. The molecule has 19 heavy (non-hydrogen) atoms. The number of carbonyl (C=O) groups is 1. The summed E-state index contributed by atoms with van der Waals surface area (Å²) >= 11 is 1.97. The Labute approximate surface area is 119 Å². The number of ether oxygens (including phenoxy) is 1. The van der Waals surface area contributed by atoms with Crippen LogP contribution >= 0.6 is 11.8 Å². The fraction of sp³-hybridized carbons (Fsp3) is 0.533. The first-order chi connectivity index (χ1) is 9.29. The zero-order chi connectivity index (χ0) is 13.5. The largest absolute Gasteiger partial charge is 0.462 e. The highest BCUT2D eigenvalue weighted by Gasteiger charge is 2.13. The molecular formula is C15H21NO2S. The van der Waals surface area contributed by atoms with Gasteiger partial charge in [-0.2, -0.15) is 11.8 Å². The summed E-state index contributed by atoms with van der Waals surface area (Å²) in [6, 6.07) is 7.77. The van der Waals surface area contributed by atoms with Crippen LogP contribution in [0.5, 0.6) is 0 Å². The molecule has 2 rings (SSSR count). The van der Waals surface area contributed by atoms with Crippen LogP contribution in [0.4, 0.5) is 0 Å². The summed E-state index contributed by atoms with van der Waals surface area (Å²) in [4.78, 5) is 11.7. The number of hydrogen-bond acceptors (Lipinski definition) is 4. The van der Waals surface area contributed by atoms with Gasteiger partial charge in [0.2, 0.25) is 0 Å². The van der Waals surface area contributed by atoms with Crippen LogP contribution < -0.4 is 5.32 Å². The van der Waals surface area contributed by atoms with Gasteiger partial charge in [0, 0.05) is 17.5 Å². The summed E-state index contributed by atoms with van der Waals surface area (Å²) in [6.07, 6.45) is 2.55. The normalized spacial score (nSPS) is 19.1. The van der Waals surface area contributed by atoms with E-state index in [0.717, 1.165) is 18.8 Å². The zero-order valence-electron chi connectivity index (χ0n) is 11.4. The molecule has 4 heteroatoms. The van der Waals surface area contributed by atoms with E-state index in [4.69, 9.17) is 4.74 Å². The van der Waals surface area contributed by atoms with Crippen molar-refractivity contribution in [2.75, 3.05) is 19.7 Å². The Morgan fingerprint density at radius 2 is 2.42 bits per heavy atom. The summed E-state index contributed by atoms with van der Waals surface area (Å²) in [5, 5.41) is 4.12. The van der Waals surface area contributed by atoms with E-state index in [9.17, 15) is 4.79 Å². The standard InChI is InChI=1S/C15H21NO2S/c1-2-18-15(17)13-6-3-5-12(9-13)11-19-14-7-4-8-16-10-14/h3,5-6,9,14,16H,2,4,7-8,10-11H2,1H3. The molecule has 0 amide bonds. The van der Waals surface area contributed by atoms with Crippen molar-refractivity contribution in [2.24, 2.45) is 0 Å². The van der Waals surface area contributed by atoms with Gasteiger partial charge >= 0.3 is 5.97 Å². The van der Waals surface area contributed by atoms with Crippen molar-refractivity contribution in [3.05, 3.63) is 35.4 Å². The number of rotatable bonds is 5. The maximum atomic E-state index is 11.7. The number of piperidine rings is 1. The van der Waals surface area contributed by atoms with E-state index in [0.29, 0.717) is 17.4 Å². The molecule has 0 aromatic heterocycles. The van der Waals surface area contributed by atoms with Crippen LogP contribution in [-0.4, -0.2) is 30.9 Å². The minimum Gasteiger partial charge on any atom is -0.462 e. The summed E-state index contributed by atoms with van der Waals surface area (Å²) in [6.45, 7) is 4.50. The van der Waals surface area contributed by atoms with Crippen molar-refractivity contribution in [3.8, 4) is 0 Å². The molecule has 0 aliphatic carbocycles. The minimum absolute atomic E-state index is 0.228. The van der Waals surface area contributed by atoms with Gasteiger partial charge in [0.15, 0.2) is 0 Å². The number of carbonyl (C=O) groups excluding carboxylic acids is 1.